The van der Waals surface area contributed by atoms with E-state index in [1.807, 2.05) is 62.4 Å². The molecule has 9 rings (SSSR count). The molecule has 0 unspecified atom stereocenters. The first-order valence-electron chi connectivity index (χ1n) is 39.7. The molecule has 0 heterocycles. The third kappa shape index (κ3) is 29.4. The van der Waals surface area contributed by atoms with Crippen LogP contribution in [0.4, 0.5) is 0 Å². The van der Waals surface area contributed by atoms with E-state index in [0.29, 0.717) is 95.8 Å². The lowest BCUT2D eigenvalue weighted by molar-refractivity contribution is -0.134. The average molecular weight is 1540 g/mol. The van der Waals surface area contributed by atoms with E-state index in [9.17, 15) is 33.6 Å². The van der Waals surface area contributed by atoms with Gasteiger partial charge in [-0.2, -0.15) is 10.5 Å². The Bertz CT molecular complexity index is 4460. The number of benzene rings is 9. The summed E-state index contributed by atoms with van der Waals surface area (Å²) in [7, 11) is 0. The van der Waals surface area contributed by atoms with Crippen LogP contribution in [0.3, 0.4) is 0 Å². The number of esters is 6. The lowest BCUT2D eigenvalue weighted by Crippen LogP contribution is -2.13. The topological polar surface area (TPSA) is 270 Å². The zero-order valence-electron chi connectivity index (χ0n) is 65.1. The third-order valence-corrected chi connectivity index (χ3v) is 19.3. The molecule has 1 N–H and O–H groups in total. The number of rotatable bonds is 48. The molecule has 19 heteroatoms. The molecule has 0 spiro atoms. The second-order valence-corrected chi connectivity index (χ2v) is 28.2. The highest BCUT2D eigenvalue weighted by Crippen LogP contribution is 2.31. The van der Waals surface area contributed by atoms with E-state index in [1.165, 1.54) is 42.5 Å². The molecule has 0 fully saturated rings. The largest absolute Gasteiger partial charge is 0.494 e. The number of hydrogen-bond acceptors (Lipinski definition) is 18. The van der Waals surface area contributed by atoms with Crippen LogP contribution < -0.4 is 33.2 Å². The number of ether oxygens (including phenoxy) is 9. The van der Waals surface area contributed by atoms with E-state index < -0.39 is 35.8 Å². The number of unbranched alkanes of at least 4 members (excludes halogenated alkanes) is 21. The van der Waals surface area contributed by atoms with Crippen LogP contribution in [-0.4, -0.2) is 79.9 Å². The van der Waals surface area contributed by atoms with Gasteiger partial charge in [-0.05, 0) is 250 Å². The van der Waals surface area contributed by atoms with E-state index in [0.717, 1.165) is 175 Å². The molecular weight excluding hydrogens is 1440 g/mol. The summed E-state index contributed by atoms with van der Waals surface area (Å²) in [4.78, 5) is 90.1. The number of nitriles is 2. The lowest BCUT2D eigenvalue weighted by Gasteiger charge is -2.11. The fraction of sp³-hybridized carbons (Fsp3) is 0.337. The molecule has 0 aliphatic rings. The molecule has 9 aromatic carbocycles. The summed E-state index contributed by atoms with van der Waals surface area (Å²) in [6.45, 7) is 5.71. The number of aromatic carboxylic acids is 1. The maximum atomic E-state index is 13.6. The molecular formula is C95H100N2O17. The minimum absolute atomic E-state index is 0.0146. The number of hydrogen-bond donors (Lipinski definition) is 1. The third-order valence-electron chi connectivity index (χ3n) is 19.3. The SMILES string of the molecule is Cc1cc(-c2ccc(C#N)cc2)ccc1OC(=O)c1ccc(OCCCCCCCCCCOC(=O)c2cc(OC(=O)c3ccc(OCCCCCCCCCCC(=O)Oc4ccc(C(=O)O)cc4)cc3)cc(C(=O)OCCCCCCCCCCOc3ccc(C(=O)Oc4ccc(-c5ccc(C#N)cc5)cc4C)cc3)c2)cc1. The summed E-state index contributed by atoms with van der Waals surface area (Å²) in [5, 5.41) is 27.3. The van der Waals surface area contributed by atoms with Gasteiger partial charge in [0.2, 0.25) is 0 Å². The van der Waals surface area contributed by atoms with Crippen LogP contribution in [0, 0.1) is 36.5 Å². The zero-order valence-corrected chi connectivity index (χ0v) is 65.1. The first-order valence-corrected chi connectivity index (χ1v) is 39.7. The quantitative estimate of drug-likeness (QED) is 0.0211. The monoisotopic (exact) mass is 1540 g/mol. The Morgan fingerprint density at radius 3 is 0.930 bits per heavy atom. The van der Waals surface area contributed by atoms with Gasteiger partial charge in [0.1, 0.15) is 40.2 Å². The second kappa shape index (κ2) is 47.1. The summed E-state index contributed by atoms with van der Waals surface area (Å²) < 4.78 is 51.9. The molecule has 0 atom stereocenters. The number of nitrogens with zero attached hydrogens (tertiary/aromatic N) is 2. The van der Waals surface area contributed by atoms with Gasteiger partial charge in [-0.3, -0.25) is 4.79 Å². The van der Waals surface area contributed by atoms with E-state index in [2.05, 4.69) is 12.1 Å². The highest BCUT2D eigenvalue weighted by Gasteiger charge is 2.21. The van der Waals surface area contributed by atoms with Gasteiger partial charge in [0.05, 0.1) is 89.7 Å². The van der Waals surface area contributed by atoms with E-state index in [1.54, 1.807) is 109 Å². The van der Waals surface area contributed by atoms with Crippen LogP contribution in [0.25, 0.3) is 22.3 Å². The molecule has 0 saturated carbocycles. The second-order valence-electron chi connectivity index (χ2n) is 28.2. The van der Waals surface area contributed by atoms with Crippen LogP contribution in [0.5, 0.6) is 40.2 Å². The van der Waals surface area contributed by atoms with Crippen molar-refractivity contribution in [2.45, 2.75) is 174 Å². The molecule has 0 radical (unpaired) electrons. The predicted molar refractivity (Wildman–Crippen MR) is 435 cm³/mol. The first kappa shape index (κ1) is 85.6. The molecule has 0 amide bonds. The van der Waals surface area contributed by atoms with Crippen molar-refractivity contribution in [2.75, 3.05) is 33.0 Å². The molecule has 0 aliphatic carbocycles. The maximum absolute atomic E-state index is 13.6. The Labute approximate surface area is 668 Å². The van der Waals surface area contributed by atoms with Crippen LogP contribution in [-0.2, 0) is 14.3 Å². The van der Waals surface area contributed by atoms with Crippen molar-refractivity contribution in [3.8, 4) is 74.6 Å². The van der Waals surface area contributed by atoms with Crippen molar-refractivity contribution in [1.29, 1.82) is 10.5 Å². The Morgan fingerprint density at radius 2 is 0.588 bits per heavy atom. The van der Waals surface area contributed by atoms with Crippen molar-refractivity contribution in [3.63, 3.8) is 0 Å². The summed E-state index contributed by atoms with van der Waals surface area (Å²) >= 11 is 0. The van der Waals surface area contributed by atoms with Crippen molar-refractivity contribution >= 4 is 41.8 Å². The Balaban J connectivity index is 0.641. The number of aryl methyl sites for hydroxylation is 2. The zero-order chi connectivity index (χ0) is 80.5. The van der Waals surface area contributed by atoms with Crippen molar-refractivity contribution in [1.82, 2.24) is 0 Å². The van der Waals surface area contributed by atoms with Crippen molar-refractivity contribution in [3.05, 3.63) is 256 Å². The van der Waals surface area contributed by atoms with Gasteiger partial charge in [0.25, 0.3) is 0 Å². The molecule has 592 valence electrons. The fourth-order valence-electron chi connectivity index (χ4n) is 12.7. The van der Waals surface area contributed by atoms with E-state index in [-0.39, 0.29) is 47.2 Å². The first-order chi connectivity index (χ1) is 55.6. The van der Waals surface area contributed by atoms with Crippen molar-refractivity contribution < 1.29 is 81.3 Å². The van der Waals surface area contributed by atoms with Crippen LogP contribution in [0.2, 0.25) is 0 Å². The minimum atomic E-state index is -1.04. The number of carboxylic acids is 1. The highest BCUT2D eigenvalue weighted by atomic mass is 16.6. The summed E-state index contributed by atoms with van der Waals surface area (Å²) in [5.41, 5.74) is 7.92. The number of carbonyl (C=O) groups excluding carboxylic acids is 6. The predicted octanol–water partition coefficient (Wildman–Crippen LogP) is 21.9. The smallest absolute Gasteiger partial charge is 0.343 e. The van der Waals surface area contributed by atoms with Gasteiger partial charge >= 0.3 is 41.8 Å². The van der Waals surface area contributed by atoms with Gasteiger partial charge < -0.3 is 47.7 Å². The van der Waals surface area contributed by atoms with Gasteiger partial charge in [-0.1, -0.05) is 152 Å². The molecule has 0 saturated heterocycles. The molecule has 0 aliphatic heterocycles. The van der Waals surface area contributed by atoms with Crippen LogP contribution >= 0.6 is 0 Å². The molecule has 0 bridgehead atoms. The minimum Gasteiger partial charge on any atom is -0.494 e. The molecule has 19 nitrogen and oxygen atoms in total. The Morgan fingerprint density at radius 1 is 0.281 bits per heavy atom. The van der Waals surface area contributed by atoms with E-state index >= 15 is 0 Å². The summed E-state index contributed by atoms with van der Waals surface area (Å²) in [6, 6.07) is 60.5. The van der Waals surface area contributed by atoms with Crippen molar-refractivity contribution in [2.24, 2.45) is 0 Å². The molecule has 9 aromatic rings. The molecule has 0 aromatic heterocycles. The van der Waals surface area contributed by atoms with Gasteiger partial charge in [-0.15, -0.1) is 0 Å². The van der Waals surface area contributed by atoms with Gasteiger partial charge in [0.15, 0.2) is 0 Å². The van der Waals surface area contributed by atoms with Gasteiger partial charge in [-0.25, -0.2) is 28.8 Å². The number of carboxylic acid groups (broad SMARTS) is 1. The normalized spacial score (nSPS) is 10.8. The summed E-state index contributed by atoms with van der Waals surface area (Å²) in [5.74, 6) is -1.13. The summed E-state index contributed by atoms with van der Waals surface area (Å²) in [6.07, 6.45) is 22.9. The van der Waals surface area contributed by atoms with Gasteiger partial charge in [0, 0.05) is 6.42 Å². The highest BCUT2D eigenvalue weighted by molar-refractivity contribution is 5.98. The average Bonchev–Trinajstić information content (AvgIpc) is 0.835. The molecule has 114 heavy (non-hydrogen) atoms. The number of carbonyl (C=O) groups is 7. The standard InChI is InChI=1S/C95H100N2O17/c1-68-61-78(72-32-28-70(66-96)29-33-72)44-54-87(68)113-94(104)76-40-48-83(49-41-76)107-57-23-17-11-5-7-13-19-25-59-109-91(101)80-63-81(65-86(64-80)112-93(103)75-38-46-82(47-39-75)106-56-22-16-10-4-3-9-15-21-27-89(98)111-85-52-36-74(37-53-85)90(99)100)92(102)110-60-26-20-14-8-6-12-18-24-58-108-84-50-42-77(43-51-84)95(105)114-88-55-45-79(62-69(88)2)73-34-30-71(67-97)31-35-73/h28-55,61-65H,3-27,56-60H2,1-2H3,(H,99,100). The fourth-order valence-corrected chi connectivity index (χ4v) is 12.7. The van der Waals surface area contributed by atoms with Crippen LogP contribution in [0.15, 0.2) is 200 Å². The van der Waals surface area contributed by atoms with E-state index in [4.69, 9.17) is 58.3 Å². The van der Waals surface area contributed by atoms with Crippen LogP contribution in [0.1, 0.15) is 245 Å². The Kier molecular flexibility index (Phi) is 35.4. The Hall–Kier alpha value is -12.4. The lowest BCUT2D eigenvalue weighted by atomic mass is 10.0. The maximum Gasteiger partial charge on any atom is 0.343 e.